The molecule has 0 saturated carbocycles. The molecular weight excluding hydrogens is 242 g/mol. The second-order valence-electron chi connectivity index (χ2n) is 4.83. The molecule has 0 N–H and O–H groups in total. The standard InChI is InChI=1S/C13H15N5O/c1-10-5-14-6-12(16-10)17-7-11(8-17)9-18-13(19)3-2-4-15-18/h2-6,11H,7-9H2,1H3. The number of nitrogens with zero attached hydrogens (tertiary/aromatic N) is 5. The summed E-state index contributed by atoms with van der Waals surface area (Å²) in [6.45, 7) is 4.37. The fourth-order valence-electron chi connectivity index (χ4n) is 2.24. The molecule has 6 heteroatoms. The summed E-state index contributed by atoms with van der Waals surface area (Å²) in [7, 11) is 0. The summed E-state index contributed by atoms with van der Waals surface area (Å²) in [4.78, 5) is 22.3. The van der Waals surface area contributed by atoms with Gasteiger partial charge in [-0.15, -0.1) is 0 Å². The van der Waals surface area contributed by atoms with Crippen LogP contribution in [0.4, 0.5) is 5.82 Å². The van der Waals surface area contributed by atoms with E-state index in [2.05, 4.69) is 20.0 Å². The SMILES string of the molecule is Cc1cncc(N2CC(Cn3ncccc3=O)C2)n1. The summed E-state index contributed by atoms with van der Waals surface area (Å²) in [5, 5.41) is 4.07. The number of aromatic nitrogens is 4. The molecule has 0 aromatic carbocycles. The van der Waals surface area contributed by atoms with Crippen LogP contribution in [-0.4, -0.2) is 32.8 Å². The van der Waals surface area contributed by atoms with Gasteiger partial charge < -0.3 is 4.90 Å². The van der Waals surface area contributed by atoms with Crippen molar-refractivity contribution in [3.8, 4) is 0 Å². The molecule has 0 atom stereocenters. The molecule has 2 aromatic heterocycles. The van der Waals surface area contributed by atoms with Crippen LogP contribution in [-0.2, 0) is 6.54 Å². The lowest BCUT2D eigenvalue weighted by molar-refractivity contribution is 0.332. The molecule has 1 aliphatic heterocycles. The van der Waals surface area contributed by atoms with Gasteiger partial charge in [0.2, 0.25) is 0 Å². The van der Waals surface area contributed by atoms with E-state index in [-0.39, 0.29) is 5.56 Å². The van der Waals surface area contributed by atoms with E-state index in [1.807, 2.05) is 6.92 Å². The fraction of sp³-hybridized carbons (Fsp3) is 0.385. The lowest BCUT2D eigenvalue weighted by Crippen LogP contribution is -2.50. The molecule has 98 valence electrons. The highest BCUT2D eigenvalue weighted by atomic mass is 16.1. The normalized spacial score (nSPS) is 15.3. The highest BCUT2D eigenvalue weighted by Crippen LogP contribution is 2.22. The van der Waals surface area contributed by atoms with Crippen LogP contribution in [0.3, 0.4) is 0 Å². The maximum atomic E-state index is 11.6. The monoisotopic (exact) mass is 257 g/mol. The topological polar surface area (TPSA) is 63.9 Å². The molecule has 3 rings (SSSR count). The van der Waals surface area contributed by atoms with Gasteiger partial charge in [0, 0.05) is 37.5 Å². The highest BCUT2D eigenvalue weighted by Gasteiger charge is 2.28. The van der Waals surface area contributed by atoms with E-state index in [0.717, 1.165) is 24.6 Å². The predicted molar refractivity (Wildman–Crippen MR) is 71.0 cm³/mol. The molecule has 3 heterocycles. The largest absolute Gasteiger partial charge is 0.355 e. The lowest BCUT2D eigenvalue weighted by atomic mass is 10.0. The summed E-state index contributed by atoms with van der Waals surface area (Å²) in [5.41, 5.74) is 0.873. The van der Waals surface area contributed by atoms with E-state index in [0.29, 0.717) is 12.5 Å². The van der Waals surface area contributed by atoms with Gasteiger partial charge in [-0.25, -0.2) is 9.67 Å². The number of anilines is 1. The van der Waals surface area contributed by atoms with Crippen LogP contribution in [0.1, 0.15) is 5.69 Å². The first kappa shape index (κ1) is 11.8. The van der Waals surface area contributed by atoms with Crippen molar-refractivity contribution >= 4 is 5.82 Å². The van der Waals surface area contributed by atoms with Crippen molar-refractivity contribution in [1.29, 1.82) is 0 Å². The van der Waals surface area contributed by atoms with Gasteiger partial charge in [0.1, 0.15) is 5.82 Å². The molecule has 19 heavy (non-hydrogen) atoms. The van der Waals surface area contributed by atoms with E-state index >= 15 is 0 Å². The highest BCUT2D eigenvalue weighted by molar-refractivity contribution is 5.39. The molecule has 0 radical (unpaired) electrons. The Morgan fingerprint density at radius 3 is 2.95 bits per heavy atom. The molecule has 0 amide bonds. The third-order valence-corrected chi connectivity index (χ3v) is 3.24. The molecule has 2 aromatic rings. The Bertz CT molecular complexity index is 633. The Hall–Kier alpha value is -2.24. The minimum atomic E-state index is -0.0451. The van der Waals surface area contributed by atoms with Crippen molar-refractivity contribution in [2.24, 2.45) is 5.92 Å². The quantitative estimate of drug-likeness (QED) is 0.800. The number of aryl methyl sites for hydroxylation is 1. The maximum Gasteiger partial charge on any atom is 0.266 e. The second kappa shape index (κ2) is 4.79. The molecule has 1 fully saturated rings. The van der Waals surface area contributed by atoms with Crippen LogP contribution < -0.4 is 10.5 Å². The average Bonchev–Trinajstić information content (AvgIpc) is 2.35. The Morgan fingerprint density at radius 1 is 1.37 bits per heavy atom. The first-order chi connectivity index (χ1) is 9.22. The molecule has 0 bridgehead atoms. The van der Waals surface area contributed by atoms with Gasteiger partial charge in [0.05, 0.1) is 18.4 Å². The molecule has 6 nitrogen and oxygen atoms in total. The zero-order valence-corrected chi connectivity index (χ0v) is 10.7. The van der Waals surface area contributed by atoms with E-state index in [1.165, 1.54) is 10.7 Å². The number of hydrogen-bond acceptors (Lipinski definition) is 5. The Morgan fingerprint density at radius 2 is 2.21 bits per heavy atom. The zero-order valence-electron chi connectivity index (χ0n) is 10.7. The van der Waals surface area contributed by atoms with E-state index in [9.17, 15) is 4.79 Å². The summed E-state index contributed by atoms with van der Waals surface area (Å²) < 4.78 is 1.52. The van der Waals surface area contributed by atoms with Crippen molar-refractivity contribution in [2.45, 2.75) is 13.5 Å². The van der Waals surface area contributed by atoms with Gasteiger partial charge in [0.25, 0.3) is 5.56 Å². The van der Waals surface area contributed by atoms with Gasteiger partial charge in [-0.05, 0) is 13.0 Å². The van der Waals surface area contributed by atoms with Crippen molar-refractivity contribution in [1.82, 2.24) is 19.7 Å². The van der Waals surface area contributed by atoms with E-state index < -0.39 is 0 Å². The summed E-state index contributed by atoms with van der Waals surface area (Å²) in [6, 6.07) is 3.20. The second-order valence-corrected chi connectivity index (χ2v) is 4.83. The van der Waals surface area contributed by atoms with Crippen molar-refractivity contribution in [2.75, 3.05) is 18.0 Å². The van der Waals surface area contributed by atoms with Crippen LogP contribution in [0.25, 0.3) is 0 Å². The first-order valence-electron chi connectivity index (χ1n) is 6.28. The van der Waals surface area contributed by atoms with Gasteiger partial charge in [-0.1, -0.05) is 0 Å². The van der Waals surface area contributed by atoms with Crippen LogP contribution in [0.15, 0.2) is 35.5 Å². The molecule has 0 aliphatic carbocycles. The van der Waals surface area contributed by atoms with Gasteiger partial charge >= 0.3 is 0 Å². The van der Waals surface area contributed by atoms with E-state index in [4.69, 9.17) is 0 Å². The van der Waals surface area contributed by atoms with Gasteiger partial charge in [0.15, 0.2) is 0 Å². The Labute approximate surface area is 110 Å². The third kappa shape index (κ3) is 2.47. The fourth-order valence-corrected chi connectivity index (χ4v) is 2.24. The van der Waals surface area contributed by atoms with Crippen molar-refractivity contribution in [3.05, 3.63) is 46.8 Å². The lowest BCUT2D eigenvalue weighted by Gasteiger charge is -2.39. The minimum Gasteiger partial charge on any atom is -0.355 e. The zero-order chi connectivity index (χ0) is 13.2. The van der Waals surface area contributed by atoms with Gasteiger partial charge in [-0.2, -0.15) is 5.10 Å². The summed E-state index contributed by atoms with van der Waals surface area (Å²) in [5.74, 6) is 1.35. The molecule has 0 unspecified atom stereocenters. The van der Waals surface area contributed by atoms with Crippen LogP contribution >= 0.6 is 0 Å². The molecule has 1 saturated heterocycles. The minimum absolute atomic E-state index is 0.0451. The Kier molecular flexibility index (Phi) is 2.98. The number of hydrogen-bond donors (Lipinski definition) is 0. The Balaban J connectivity index is 1.62. The molecule has 0 spiro atoms. The predicted octanol–water partition coefficient (Wildman–Crippen LogP) is 0.478. The van der Waals surface area contributed by atoms with E-state index in [1.54, 1.807) is 24.7 Å². The van der Waals surface area contributed by atoms with Gasteiger partial charge in [-0.3, -0.25) is 9.78 Å². The average molecular weight is 257 g/mol. The smallest absolute Gasteiger partial charge is 0.266 e. The third-order valence-electron chi connectivity index (χ3n) is 3.24. The number of rotatable bonds is 3. The molecule has 1 aliphatic rings. The van der Waals surface area contributed by atoms with Crippen LogP contribution in [0, 0.1) is 12.8 Å². The summed E-state index contributed by atoms with van der Waals surface area (Å²) in [6.07, 6.45) is 5.16. The van der Waals surface area contributed by atoms with Crippen LogP contribution in [0.5, 0.6) is 0 Å². The summed E-state index contributed by atoms with van der Waals surface area (Å²) >= 11 is 0. The molecular formula is C13H15N5O. The van der Waals surface area contributed by atoms with Crippen molar-refractivity contribution in [3.63, 3.8) is 0 Å². The van der Waals surface area contributed by atoms with Crippen LogP contribution in [0.2, 0.25) is 0 Å². The maximum absolute atomic E-state index is 11.6. The van der Waals surface area contributed by atoms with Crippen molar-refractivity contribution < 1.29 is 0 Å². The first-order valence-corrected chi connectivity index (χ1v) is 6.28.